The molecule has 0 aliphatic rings. The van der Waals surface area contributed by atoms with E-state index in [4.69, 9.17) is 16.3 Å². The number of carbonyl (C=O) groups is 3. The summed E-state index contributed by atoms with van der Waals surface area (Å²) >= 11 is 5.94. The molecular weight excluding hydrogens is 404 g/mol. The van der Waals surface area contributed by atoms with Crippen LogP contribution in [0.25, 0.3) is 0 Å². The number of hydrogen-bond acceptors (Lipinski definition) is 4. The van der Waals surface area contributed by atoms with Gasteiger partial charge in [0.25, 0.3) is 0 Å². The van der Waals surface area contributed by atoms with E-state index in [1.807, 2.05) is 0 Å². The maximum absolute atomic E-state index is 12.4. The van der Waals surface area contributed by atoms with Crippen LogP contribution in [0.2, 0.25) is 5.02 Å². The Balaban J connectivity index is 1.86. The van der Waals surface area contributed by atoms with Crippen molar-refractivity contribution >= 4 is 40.6 Å². The molecule has 0 spiro atoms. The number of halogens is 1. The van der Waals surface area contributed by atoms with Crippen LogP contribution >= 0.6 is 11.6 Å². The lowest BCUT2D eigenvalue weighted by Crippen LogP contribution is -2.16. The quantitative estimate of drug-likeness (QED) is 0.365. The zero-order valence-corrected chi connectivity index (χ0v) is 18.1. The number of anilines is 2. The molecule has 2 N–H and O–H groups in total. The third kappa shape index (κ3) is 7.87. The van der Waals surface area contributed by atoms with Crippen LogP contribution in [-0.4, -0.2) is 24.2 Å². The highest BCUT2D eigenvalue weighted by molar-refractivity contribution is 6.31. The van der Waals surface area contributed by atoms with E-state index < -0.39 is 0 Å². The largest absolute Gasteiger partial charge is 0.494 e. The van der Waals surface area contributed by atoms with E-state index >= 15 is 0 Å². The maximum atomic E-state index is 12.4. The topological polar surface area (TPSA) is 84.5 Å². The van der Waals surface area contributed by atoms with Crippen LogP contribution in [0.15, 0.2) is 42.5 Å². The van der Waals surface area contributed by atoms with Gasteiger partial charge in [-0.1, -0.05) is 31.4 Å². The molecular formula is C23H27ClN2O4. The Kier molecular flexibility index (Phi) is 9.35. The van der Waals surface area contributed by atoms with Crippen molar-refractivity contribution in [2.24, 2.45) is 0 Å². The monoisotopic (exact) mass is 430 g/mol. The van der Waals surface area contributed by atoms with E-state index in [0.29, 0.717) is 28.6 Å². The number of ether oxygens (including phenoxy) is 1. The minimum Gasteiger partial charge on any atom is -0.494 e. The Morgan fingerprint density at radius 3 is 2.33 bits per heavy atom. The molecule has 2 aromatic rings. The van der Waals surface area contributed by atoms with Crippen LogP contribution in [-0.2, 0) is 9.59 Å². The first-order chi connectivity index (χ1) is 14.4. The fraction of sp³-hybridized carbons (Fsp3) is 0.348. The summed E-state index contributed by atoms with van der Waals surface area (Å²) in [5, 5.41) is 5.76. The standard InChI is InChI=1S/C23H27ClN2O4/c1-3-4-5-14-30-19-9-6-17(7-10-19)22(28)12-13-23(29)26-20-11-8-18(24)15-21(20)25-16(2)27/h6-11,15H,3-5,12-14H2,1-2H3,(H,25,27)(H,26,29). The molecule has 2 rings (SSSR count). The van der Waals surface area contributed by atoms with Gasteiger partial charge in [0, 0.05) is 30.4 Å². The van der Waals surface area contributed by atoms with Crippen LogP contribution < -0.4 is 15.4 Å². The molecule has 2 amide bonds. The average molecular weight is 431 g/mol. The van der Waals surface area contributed by atoms with Gasteiger partial charge in [0.05, 0.1) is 18.0 Å². The van der Waals surface area contributed by atoms with Crippen molar-refractivity contribution in [2.45, 2.75) is 46.0 Å². The first-order valence-electron chi connectivity index (χ1n) is 10.0. The fourth-order valence-electron chi connectivity index (χ4n) is 2.78. The summed E-state index contributed by atoms with van der Waals surface area (Å²) in [6.07, 6.45) is 3.36. The number of rotatable bonds is 11. The second-order valence-electron chi connectivity index (χ2n) is 6.92. The second kappa shape index (κ2) is 12.0. The fourth-order valence-corrected chi connectivity index (χ4v) is 2.95. The molecule has 160 valence electrons. The molecule has 0 aliphatic heterocycles. The van der Waals surface area contributed by atoms with Crippen molar-refractivity contribution in [3.8, 4) is 5.75 Å². The number of carbonyl (C=O) groups excluding carboxylic acids is 3. The predicted molar refractivity (Wildman–Crippen MR) is 119 cm³/mol. The number of ketones is 1. The van der Waals surface area contributed by atoms with E-state index in [0.717, 1.165) is 25.0 Å². The van der Waals surface area contributed by atoms with E-state index in [1.54, 1.807) is 42.5 Å². The highest BCUT2D eigenvalue weighted by Crippen LogP contribution is 2.26. The van der Waals surface area contributed by atoms with Crippen molar-refractivity contribution in [3.63, 3.8) is 0 Å². The molecule has 0 radical (unpaired) electrons. The zero-order chi connectivity index (χ0) is 21.9. The summed E-state index contributed by atoms with van der Waals surface area (Å²) in [5.41, 5.74) is 1.37. The molecule has 0 heterocycles. The van der Waals surface area contributed by atoms with Gasteiger partial charge >= 0.3 is 0 Å². The first kappa shape index (κ1) is 23.4. The Bertz CT molecular complexity index is 881. The van der Waals surface area contributed by atoms with Gasteiger partial charge in [-0.3, -0.25) is 14.4 Å². The van der Waals surface area contributed by atoms with Crippen molar-refractivity contribution in [2.75, 3.05) is 17.2 Å². The van der Waals surface area contributed by atoms with Crippen LogP contribution in [0.5, 0.6) is 5.75 Å². The zero-order valence-electron chi connectivity index (χ0n) is 17.3. The Morgan fingerprint density at radius 2 is 1.67 bits per heavy atom. The summed E-state index contributed by atoms with van der Waals surface area (Å²) in [4.78, 5) is 36.0. The lowest BCUT2D eigenvalue weighted by molar-refractivity contribution is -0.116. The number of unbranched alkanes of at least 4 members (excludes halogenated alkanes) is 2. The number of nitrogens with one attached hydrogen (secondary N) is 2. The van der Waals surface area contributed by atoms with Crippen LogP contribution in [0.1, 0.15) is 56.3 Å². The summed E-state index contributed by atoms with van der Waals surface area (Å²) in [6, 6.07) is 11.7. The van der Waals surface area contributed by atoms with Gasteiger partial charge < -0.3 is 15.4 Å². The molecule has 0 aliphatic carbocycles. The van der Waals surface area contributed by atoms with Crippen molar-refractivity contribution < 1.29 is 19.1 Å². The minimum atomic E-state index is -0.326. The van der Waals surface area contributed by atoms with Crippen molar-refractivity contribution in [1.82, 2.24) is 0 Å². The first-order valence-corrected chi connectivity index (χ1v) is 10.4. The SMILES string of the molecule is CCCCCOc1ccc(C(=O)CCC(=O)Nc2ccc(Cl)cc2NC(C)=O)cc1. The van der Waals surface area contributed by atoms with Crippen molar-refractivity contribution in [3.05, 3.63) is 53.1 Å². The molecule has 6 nitrogen and oxygen atoms in total. The van der Waals surface area contributed by atoms with Gasteiger partial charge in [0.2, 0.25) is 11.8 Å². The van der Waals surface area contributed by atoms with Crippen LogP contribution in [0.3, 0.4) is 0 Å². The van der Waals surface area contributed by atoms with Gasteiger partial charge in [-0.2, -0.15) is 0 Å². The number of amides is 2. The number of hydrogen-bond donors (Lipinski definition) is 2. The predicted octanol–water partition coefficient (Wildman–Crippen LogP) is 5.47. The summed E-state index contributed by atoms with van der Waals surface area (Å²) in [5.74, 6) is 0.00314. The Labute approximate surface area is 182 Å². The van der Waals surface area contributed by atoms with E-state index in [1.165, 1.54) is 6.92 Å². The summed E-state index contributed by atoms with van der Waals surface area (Å²) < 4.78 is 5.64. The van der Waals surface area contributed by atoms with Gasteiger partial charge in [-0.05, 0) is 48.9 Å². The van der Waals surface area contributed by atoms with E-state index in [2.05, 4.69) is 17.6 Å². The molecule has 0 bridgehead atoms. The molecule has 2 aromatic carbocycles. The molecule has 0 atom stereocenters. The highest BCUT2D eigenvalue weighted by Gasteiger charge is 2.12. The van der Waals surface area contributed by atoms with Gasteiger partial charge in [-0.15, -0.1) is 0 Å². The molecule has 0 fully saturated rings. The lowest BCUT2D eigenvalue weighted by atomic mass is 10.1. The maximum Gasteiger partial charge on any atom is 0.224 e. The van der Waals surface area contributed by atoms with Crippen LogP contribution in [0.4, 0.5) is 11.4 Å². The average Bonchev–Trinajstić information content (AvgIpc) is 2.71. The highest BCUT2D eigenvalue weighted by atomic mass is 35.5. The van der Waals surface area contributed by atoms with Crippen molar-refractivity contribution in [1.29, 1.82) is 0 Å². The van der Waals surface area contributed by atoms with Gasteiger partial charge in [-0.25, -0.2) is 0 Å². The molecule has 0 saturated heterocycles. The minimum absolute atomic E-state index is 0.0240. The summed E-state index contributed by atoms with van der Waals surface area (Å²) in [6.45, 7) is 4.16. The van der Waals surface area contributed by atoms with Crippen LogP contribution in [0, 0.1) is 0 Å². The molecule has 0 unspecified atom stereocenters. The van der Waals surface area contributed by atoms with Gasteiger partial charge in [0.1, 0.15) is 5.75 Å². The van der Waals surface area contributed by atoms with Gasteiger partial charge in [0.15, 0.2) is 5.78 Å². The Hall–Kier alpha value is -2.86. The van der Waals surface area contributed by atoms with E-state index in [-0.39, 0.29) is 30.4 Å². The third-order valence-electron chi connectivity index (χ3n) is 4.34. The Morgan fingerprint density at radius 1 is 0.933 bits per heavy atom. The number of benzene rings is 2. The second-order valence-corrected chi connectivity index (χ2v) is 7.36. The molecule has 7 heteroatoms. The molecule has 0 aromatic heterocycles. The number of Topliss-reactive ketones (excluding diaryl/α,β-unsaturated/α-hetero) is 1. The summed E-state index contributed by atoms with van der Waals surface area (Å²) in [7, 11) is 0. The smallest absolute Gasteiger partial charge is 0.224 e. The normalized spacial score (nSPS) is 10.4. The molecule has 30 heavy (non-hydrogen) atoms. The third-order valence-corrected chi connectivity index (χ3v) is 4.57. The molecule has 0 saturated carbocycles. The lowest BCUT2D eigenvalue weighted by Gasteiger charge is -2.12. The van der Waals surface area contributed by atoms with E-state index in [9.17, 15) is 14.4 Å².